The third-order valence-corrected chi connectivity index (χ3v) is 5.05. The summed E-state index contributed by atoms with van der Waals surface area (Å²) in [6.45, 7) is 8.62. The summed E-state index contributed by atoms with van der Waals surface area (Å²) in [6.07, 6.45) is 3.48. The number of ketones is 1. The lowest BCUT2D eigenvalue weighted by Crippen LogP contribution is -3.00. The highest BCUT2D eigenvalue weighted by Crippen LogP contribution is 2.22. The maximum absolute atomic E-state index is 12.1. The Morgan fingerprint density at radius 1 is 1.00 bits per heavy atom. The zero-order valence-electron chi connectivity index (χ0n) is 12.6. The number of hydrogen-bond acceptors (Lipinski definition) is 2. The number of hydrogen-bond donors (Lipinski definition) is 0. The molecule has 2 heterocycles. The fraction of sp³-hybridized carbons (Fsp3) is 0.588. The van der Waals surface area contributed by atoms with E-state index in [1.54, 1.807) is 0 Å². The fourth-order valence-corrected chi connectivity index (χ4v) is 3.64. The van der Waals surface area contributed by atoms with Crippen LogP contribution in [0.2, 0.25) is 0 Å². The van der Waals surface area contributed by atoms with Gasteiger partial charge in [0.15, 0.2) is 5.78 Å². The summed E-state index contributed by atoms with van der Waals surface area (Å²) in [6, 6.07) is 9.68. The molecule has 2 aliphatic heterocycles. The molecule has 0 atom stereocenters. The Bertz CT molecular complexity index is 447. The maximum Gasteiger partial charge on any atom is 0.164 e. The van der Waals surface area contributed by atoms with E-state index in [-0.39, 0.29) is 22.8 Å². The van der Waals surface area contributed by atoms with Gasteiger partial charge in [-0.15, -0.1) is 0 Å². The molecule has 2 fully saturated rings. The summed E-state index contributed by atoms with van der Waals surface area (Å²) in [4.78, 5) is 14.6. The maximum atomic E-state index is 12.1. The molecule has 3 rings (SSSR count). The first-order chi connectivity index (χ1) is 9.77. The van der Waals surface area contributed by atoms with Gasteiger partial charge >= 0.3 is 0 Å². The van der Waals surface area contributed by atoms with Crippen LogP contribution >= 0.6 is 0 Å². The predicted octanol–water partition coefficient (Wildman–Crippen LogP) is -0.810. The summed E-state index contributed by atoms with van der Waals surface area (Å²) in [7, 11) is 0. The van der Waals surface area contributed by atoms with E-state index in [1.165, 1.54) is 56.6 Å². The number of nitrogens with zero attached hydrogens (tertiary/aromatic N) is 2. The number of quaternary nitrogens is 1. The van der Waals surface area contributed by atoms with E-state index in [0.717, 1.165) is 12.1 Å². The highest BCUT2D eigenvalue weighted by Gasteiger charge is 2.35. The number of rotatable bonds is 4. The molecule has 0 unspecified atom stereocenters. The Balaban J connectivity index is 0.00000161. The van der Waals surface area contributed by atoms with Crippen molar-refractivity contribution >= 4 is 5.78 Å². The molecule has 2 aliphatic rings. The molecule has 1 aromatic carbocycles. The molecule has 0 N–H and O–H groups in total. The Labute approximate surface area is 138 Å². The van der Waals surface area contributed by atoms with Crippen LogP contribution < -0.4 is 17.0 Å². The van der Waals surface area contributed by atoms with Crippen LogP contribution in [-0.2, 0) is 0 Å². The smallest absolute Gasteiger partial charge is 0.164 e. The van der Waals surface area contributed by atoms with Crippen molar-refractivity contribution in [3.8, 4) is 0 Å². The van der Waals surface area contributed by atoms with Crippen LogP contribution in [0.4, 0.5) is 0 Å². The average molecular weight is 353 g/mol. The zero-order valence-corrected chi connectivity index (χ0v) is 14.2. The predicted molar refractivity (Wildman–Crippen MR) is 80.8 cm³/mol. The molecular weight excluding hydrogens is 328 g/mol. The van der Waals surface area contributed by atoms with E-state index >= 15 is 0 Å². The number of benzene rings is 1. The first-order valence-corrected chi connectivity index (χ1v) is 7.93. The normalized spacial score (nSPS) is 21.1. The number of piperazine rings is 1. The van der Waals surface area contributed by atoms with Gasteiger partial charge in [0.25, 0.3) is 0 Å². The molecule has 116 valence electrons. The van der Waals surface area contributed by atoms with E-state index in [4.69, 9.17) is 0 Å². The van der Waals surface area contributed by atoms with E-state index in [2.05, 4.69) is 4.90 Å². The van der Waals surface area contributed by atoms with Crippen molar-refractivity contribution in [1.29, 1.82) is 0 Å². The summed E-state index contributed by atoms with van der Waals surface area (Å²) < 4.78 is 1.35. The molecule has 1 spiro atoms. The van der Waals surface area contributed by atoms with Crippen LogP contribution in [0.15, 0.2) is 30.3 Å². The Hall–Kier alpha value is -0.710. The lowest BCUT2D eigenvalue weighted by Gasteiger charge is -2.42. The molecule has 3 nitrogen and oxygen atoms in total. The molecule has 21 heavy (non-hydrogen) atoms. The molecule has 0 saturated carbocycles. The van der Waals surface area contributed by atoms with Crippen LogP contribution in [0.25, 0.3) is 0 Å². The van der Waals surface area contributed by atoms with Crippen molar-refractivity contribution in [3.63, 3.8) is 0 Å². The monoisotopic (exact) mass is 352 g/mol. The highest BCUT2D eigenvalue weighted by atomic mass is 79.9. The van der Waals surface area contributed by atoms with Gasteiger partial charge in [-0.3, -0.25) is 9.69 Å². The van der Waals surface area contributed by atoms with Crippen LogP contribution in [0, 0.1) is 0 Å². The largest absolute Gasteiger partial charge is 1.00 e. The molecule has 1 aromatic rings. The highest BCUT2D eigenvalue weighted by molar-refractivity contribution is 5.96. The number of halogens is 1. The zero-order chi connectivity index (χ0) is 13.8. The molecule has 0 amide bonds. The third kappa shape index (κ3) is 4.15. The van der Waals surface area contributed by atoms with Gasteiger partial charge in [-0.05, 0) is 0 Å². The van der Waals surface area contributed by atoms with Crippen molar-refractivity contribution in [3.05, 3.63) is 35.9 Å². The van der Waals surface area contributed by atoms with E-state index in [9.17, 15) is 4.79 Å². The van der Waals surface area contributed by atoms with Crippen molar-refractivity contribution in [2.75, 3.05) is 45.8 Å². The van der Waals surface area contributed by atoms with Crippen LogP contribution in [0.3, 0.4) is 0 Å². The van der Waals surface area contributed by atoms with Gasteiger partial charge in [0.1, 0.15) is 0 Å². The second-order valence-corrected chi connectivity index (χ2v) is 6.32. The second-order valence-electron chi connectivity index (χ2n) is 6.32. The molecule has 0 bridgehead atoms. The third-order valence-electron chi connectivity index (χ3n) is 5.05. The quantitative estimate of drug-likeness (QED) is 0.521. The topological polar surface area (TPSA) is 20.3 Å². The van der Waals surface area contributed by atoms with E-state index in [1.807, 2.05) is 30.3 Å². The number of Topliss-reactive ketones (excluding diaryl/α,β-unsaturated/α-hetero) is 1. The summed E-state index contributed by atoms with van der Waals surface area (Å²) >= 11 is 0. The van der Waals surface area contributed by atoms with Gasteiger partial charge in [0.2, 0.25) is 0 Å². The van der Waals surface area contributed by atoms with Gasteiger partial charge < -0.3 is 21.5 Å². The average Bonchev–Trinajstić information content (AvgIpc) is 2.96. The molecule has 4 heteroatoms. The van der Waals surface area contributed by atoms with Gasteiger partial charge in [-0.1, -0.05) is 30.3 Å². The number of carbonyl (C=O) groups excluding carboxylic acids is 1. The summed E-state index contributed by atoms with van der Waals surface area (Å²) in [5, 5.41) is 0. The minimum atomic E-state index is 0. The standard InChI is InChI=1S/C17H25N2O.BrH/c20-17(16-6-2-1-3-7-16)8-9-18-10-14-19(15-11-18)12-4-5-13-19;/h1-3,6-7H,4-5,8-15H2;1H/q+1;/p-1. The molecule has 0 aliphatic carbocycles. The Kier molecular flexibility index (Phi) is 5.97. The minimum absolute atomic E-state index is 0. The first kappa shape index (κ1) is 16.7. The molecule has 2 saturated heterocycles. The molecular formula is C17H25BrN2O. The lowest BCUT2D eigenvalue weighted by atomic mass is 10.1. The van der Waals surface area contributed by atoms with Gasteiger partial charge in [0, 0.05) is 44.5 Å². The van der Waals surface area contributed by atoms with Crippen molar-refractivity contribution in [1.82, 2.24) is 4.90 Å². The number of carbonyl (C=O) groups is 1. The van der Waals surface area contributed by atoms with E-state index in [0.29, 0.717) is 6.42 Å². The van der Waals surface area contributed by atoms with Crippen molar-refractivity contribution < 1.29 is 26.3 Å². The second kappa shape index (κ2) is 7.52. The van der Waals surface area contributed by atoms with Crippen molar-refractivity contribution in [2.45, 2.75) is 19.3 Å². The summed E-state index contributed by atoms with van der Waals surface area (Å²) in [5.41, 5.74) is 0.854. The lowest BCUT2D eigenvalue weighted by molar-refractivity contribution is -0.920. The fourth-order valence-electron chi connectivity index (χ4n) is 3.64. The van der Waals surface area contributed by atoms with Crippen LogP contribution in [0.1, 0.15) is 29.6 Å². The minimum Gasteiger partial charge on any atom is -1.00 e. The SMILES string of the molecule is O=C(CCN1CC[N+]2(CCCC2)CC1)c1ccccc1.[Br-]. The van der Waals surface area contributed by atoms with Gasteiger partial charge in [0.05, 0.1) is 26.2 Å². The first-order valence-electron chi connectivity index (χ1n) is 7.93. The Morgan fingerprint density at radius 3 is 2.24 bits per heavy atom. The van der Waals surface area contributed by atoms with Gasteiger partial charge in [-0.25, -0.2) is 0 Å². The van der Waals surface area contributed by atoms with Crippen LogP contribution in [0.5, 0.6) is 0 Å². The van der Waals surface area contributed by atoms with Crippen LogP contribution in [-0.4, -0.2) is 61.0 Å². The van der Waals surface area contributed by atoms with Gasteiger partial charge in [-0.2, -0.15) is 0 Å². The molecule has 0 radical (unpaired) electrons. The van der Waals surface area contributed by atoms with Crippen molar-refractivity contribution in [2.24, 2.45) is 0 Å². The molecule has 0 aromatic heterocycles. The summed E-state index contributed by atoms with van der Waals surface area (Å²) in [5.74, 6) is 0.279. The van der Waals surface area contributed by atoms with E-state index < -0.39 is 0 Å². The Morgan fingerprint density at radius 2 is 1.62 bits per heavy atom.